The van der Waals surface area contributed by atoms with Crippen LogP contribution in [-0.4, -0.2) is 36.9 Å². The molecule has 0 spiro atoms. The molecule has 0 amide bonds. The van der Waals surface area contributed by atoms with Gasteiger partial charge in [0.05, 0.1) is 6.10 Å². The lowest BCUT2D eigenvalue weighted by Crippen LogP contribution is -2.52. The summed E-state index contributed by atoms with van der Waals surface area (Å²) in [4.78, 5) is 0. The van der Waals surface area contributed by atoms with Crippen molar-refractivity contribution < 1.29 is 5.11 Å². The Morgan fingerprint density at radius 2 is 2.17 bits per heavy atom. The summed E-state index contributed by atoms with van der Waals surface area (Å²) in [7, 11) is 0. The fraction of sp³-hybridized carbons (Fsp3) is 1.00. The van der Waals surface area contributed by atoms with E-state index in [0.717, 1.165) is 32.0 Å². The Morgan fingerprint density at radius 1 is 1.33 bits per heavy atom. The lowest BCUT2D eigenvalue weighted by atomic mass is 10.0. The predicted octanol–water partition coefficient (Wildman–Crippen LogP) is -0.291. The topological polar surface area (TPSA) is 44.3 Å². The first-order chi connectivity index (χ1) is 5.86. The smallest absolute Gasteiger partial charge is 0.0717 e. The maximum absolute atomic E-state index is 9.60. The molecule has 0 aromatic heterocycles. The Labute approximate surface area is 73.5 Å². The summed E-state index contributed by atoms with van der Waals surface area (Å²) in [6.07, 6.45) is 3.51. The molecule has 2 fully saturated rings. The maximum atomic E-state index is 9.60. The predicted molar refractivity (Wildman–Crippen MR) is 48.0 cm³/mol. The van der Waals surface area contributed by atoms with E-state index in [4.69, 9.17) is 0 Å². The fourth-order valence-electron chi connectivity index (χ4n) is 1.69. The standard InChI is InChI=1S/C9H18N2O/c12-9-3-4-10-6-8(9)11-5-7-1-2-7/h7-12H,1-6H2/t8-,9-/m0/s1. The number of piperidine rings is 1. The number of hydrogen-bond donors (Lipinski definition) is 3. The zero-order valence-corrected chi connectivity index (χ0v) is 7.42. The van der Waals surface area contributed by atoms with Crippen molar-refractivity contribution in [1.82, 2.24) is 10.6 Å². The molecule has 2 atom stereocenters. The molecule has 12 heavy (non-hydrogen) atoms. The van der Waals surface area contributed by atoms with Crippen LogP contribution in [0.4, 0.5) is 0 Å². The Kier molecular flexibility index (Phi) is 2.63. The highest BCUT2D eigenvalue weighted by atomic mass is 16.3. The van der Waals surface area contributed by atoms with Crippen LogP contribution in [0.5, 0.6) is 0 Å². The highest BCUT2D eigenvalue weighted by Crippen LogP contribution is 2.27. The first-order valence-electron chi connectivity index (χ1n) is 4.98. The van der Waals surface area contributed by atoms with E-state index in [1.54, 1.807) is 0 Å². The van der Waals surface area contributed by atoms with Crippen molar-refractivity contribution in [1.29, 1.82) is 0 Å². The summed E-state index contributed by atoms with van der Waals surface area (Å²) in [5.41, 5.74) is 0. The third kappa shape index (κ3) is 2.19. The first-order valence-corrected chi connectivity index (χ1v) is 4.98. The fourth-order valence-corrected chi connectivity index (χ4v) is 1.69. The van der Waals surface area contributed by atoms with E-state index in [-0.39, 0.29) is 6.10 Å². The molecule has 0 bridgehead atoms. The third-order valence-corrected chi connectivity index (χ3v) is 2.81. The molecule has 0 radical (unpaired) electrons. The summed E-state index contributed by atoms with van der Waals surface area (Å²) in [6.45, 7) is 2.99. The second-order valence-corrected chi connectivity index (χ2v) is 4.02. The van der Waals surface area contributed by atoms with Gasteiger partial charge in [0.1, 0.15) is 0 Å². The van der Waals surface area contributed by atoms with Gasteiger partial charge < -0.3 is 15.7 Å². The third-order valence-electron chi connectivity index (χ3n) is 2.81. The number of hydrogen-bond acceptors (Lipinski definition) is 3. The molecule has 0 unspecified atom stereocenters. The first kappa shape index (κ1) is 8.48. The molecule has 1 saturated carbocycles. The van der Waals surface area contributed by atoms with E-state index in [1.165, 1.54) is 12.8 Å². The van der Waals surface area contributed by atoms with Crippen molar-refractivity contribution in [3.63, 3.8) is 0 Å². The van der Waals surface area contributed by atoms with Crippen LogP contribution in [0.3, 0.4) is 0 Å². The van der Waals surface area contributed by atoms with Gasteiger partial charge in [0.2, 0.25) is 0 Å². The molecule has 0 aromatic rings. The van der Waals surface area contributed by atoms with E-state index in [1.807, 2.05) is 0 Å². The molecule has 70 valence electrons. The van der Waals surface area contributed by atoms with E-state index in [2.05, 4.69) is 10.6 Å². The van der Waals surface area contributed by atoms with Gasteiger partial charge in [-0.1, -0.05) is 0 Å². The van der Waals surface area contributed by atoms with E-state index in [9.17, 15) is 5.11 Å². The molecule has 3 N–H and O–H groups in total. The lowest BCUT2D eigenvalue weighted by Gasteiger charge is -2.29. The zero-order valence-electron chi connectivity index (χ0n) is 7.42. The van der Waals surface area contributed by atoms with Crippen molar-refractivity contribution in [2.45, 2.75) is 31.4 Å². The van der Waals surface area contributed by atoms with Crippen LogP contribution in [0.2, 0.25) is 0 Å². The maximum Gasteiger partial charge on any atom is 0.0717 e. The summed E-state index contributed by atoms with van der Waals surface area (Å²) >= 11 is 0. The average Bonchev–Trinajstić information content (AvgIpc) is 2.86. The molecular weight excluding hydrogens is 152 g/mol. The minimum absolute atomic E-state index is 0.134. The summed E-state index contributed by atoms with van der Waals surface area (Å²) in [5.74, 6) is 0.902. The number of aliphatic hydroxyl groups excluding tert-OH is 1. The van der Waals surface area contributed by atoms with Crippen LogP contribution in [0, 0.1) is 5.92 Å². The van der Waals surface area contributed by atoms with Gasteiger partial charge in [-0.05, 0) is 38.3 Å². The molecular formula is C9H18N2O. The van der Waals surface area contributed by atoms with Gasteiger partial charge in [-0.3, -0.25) is 0 Å². The Bertz CT molecular complexity index is 147. The van der Waals surface area contributed by atoms with Crippen molar-refractivity contribution in [3.05, 3.63) is 0 Å². The van der Waals surface area contributed by atoms with Crippen molar-refractivity contribution in [2.24, 2.45) is 5.92 Å². The minimum Gasteiger partial charge on any atom is -0.391 e. The van der Waals surface area contributed by atoms with Crippen LogP contribution in [-0.2, 0) is 0 Å². The van der Waals surface area contributed by atoms with E-state index >= 15 is 0 Å². The van der Waals surface area contributed by atoms with Gasteiger partial charge in [0, 0.05) is 12.6 Å². The Balaban J connectivity index is 1.68. The highest BCUT2D eigenvalue weighted by molar-refractivity contribution is 4.85. The number of rotatable bonds is 3. The largest absolute Gasteiger partial charge is 0.391 e. The lowest BCUT2D eigenvalue weighted by molar-refractivity contribution is 0.0988. The van der Waals surface area contributed by atoms with Crippen molar-refractivity contribution >= 4 is 0 Å². The molecule has 0 aromatic carbocycles. The summed E-state index contributed by atoms with van der Waals surface area (Å²) in [6, 6.07) is 0.291. The SMILES string of the molecule is O[C@H]1CCNC[C@@H]1NCC1CC1. The van der Waals surface area contributed by atoms with Crippen molar-refractivity contribution in [2.75, 3.05) is 19.6 Å². The van der Waals surface area contributed by atoms with Gasteiger partial charge in [-0.25, -0.2) is 0 Å². The second kappa shape index (κ2) is 3.73. The molecule has 1 aliphatic heterocycles. The molecule has 3 nitrogen and oxygen atoms in total. The summed E-state index contributed by atoms with van der Waals surface area (Å²) < 4.78 is 0. The number of aliphatic hydroxyl groups is 1. The quantitative estimate of drug-likeness (QED) is 0.545. The van der Waals surface area contributed by atoms with Gasteiger partial charge in [0.25, 0.3) is 0 Å². The summed E-state index contributed by atoms with van der Waals surface area (Å²) in [5, 5.41) is 16.3. The monoisotopic (exact) mass is 170 g/mol. The van der Waals surface area contributed by atoms with Gasteiger partial charge in [0.15, 0.2) is 0 Å². The Hall–Kier alpha value is -0.120. The second-order valence-electron chi connectivity index (χ2n) is 4.02. The molecule has 2 rings (SSSR count). The number of nitrogens with one attached hydrogen (secondary N) is 2. The van der Waals surface area contributed by atoms with E-state index < -0.39 is 0 Å². The van der Waals surface area contributed by atoms with Crippen LogP contribution >= 0.6 is 0 Å². The molecule has 2 aliphatic rings. The van der Waals surface area contributed by atoms with Gasteiger partial charge in [-0.2, -0.15) is 0 Å². The van der Waals surface area contributed by atoms with Crippen LogP contribution in [0.15, 0.2) is 0 Å². The van der Waals surface area contributed by atoms with Crippen LogP contribution in [0.25, 0.3) is 0 Å². The zero-order chi connectivity index (χ0) is 8.39. The molecule has 3 heteroatoms. The van der Waals surface area contributed by atoms with Gasteiger partial charge in [-0.15, -0.1) is 0 Å². The normalized spacial score (nSPS) is 36.8. The van der Waals surface area contributed by atoms with E-state index in [0.29, 0.717) is 6.04 Å². The average molecular weight is 170 g/mol. The minimum atomic E-state index is -0.134. The molecule has 1 aliphatic carbocycles. The van der Waals surface area contributed by atoms with Gasteiger partial charge >= 0.3 is 0 Å². The molecule has 1 saturated heterocycles. The molecule has 1 heterocycles. The highest BCUT2D eigenvalue weighted by Gasteiger charge is 2.26. The Morgan fingerprint density at radius 3 is 2.83 bits per heavy atom. The van der Waals surface area contributed by atoms with Crippen LogP contribution in [0.1, 0.15) is 19.3 Å². The van der Waals surface area contributed by atoms with Crippen molar-refractivity contribution in [3.8, 4) is 0 Å². The van der Waals surface area contributed by atoms with Crippen LogP contribution < -0.4 is 10.6 Å².